The molecule has 4 aromatic rings. The molecule has 1 saturated carbocycles. The smallest absolute Gasteiger partial charge is 0.252 e. The maximum absolute atomic E-state index is 13.0. The number of H-pyrrole nitrogens is 1. The lowest BCUT2D eigenvalue weighted by Crippen LogP contribution is -2.28. The van der Waals surface area contributed by atoms with E-state index >= 15 is 0 Å². The summed E-state index contributed by atoms with van der Waals surface area (Å²) in [5.41, 5.74) is 3.80. The minimum Gasteiger partial charge on any atom is -0.497 e. The van der Waals surface area contributed by atoms with Crippen molar-refractivity contribution in [3.8, 4) is 5.75 Å². The number of aromatic nitrogens is 5. The monoisotopic (exact) mass is 458 g/mol. The van der Waals surface area contributed by atoms with E-state index in [2.05, 4.69) is 56.6 Å². The number of benzene rings is 2. The Labute approximate surface area is 198 Å². The highest BCUT2D eigenvalue weighted by Crippen LogP contribution is 2.29. The largest absolute Gasteiger partial charge is 0.497 e. The van der Waals surface area contributed by atoms with Gasteiger partial charge in [0, 0.05) is 24.7 Å². The summed E-state index contributed by atoms with van der Waals surface area (Å²) in [5.74, 6) is 1.57. The van der Waals surface area contributed by atoms with Crippen LogP contribution >= 0.6 is 0 Å². The first-order valence-corrected chi connectivity index (χ1v) is 11.8. The van der Waals surface area contributed by atoms with E-state index in [0.717, 1.165) is 35.3 Å². The second kappa shape index (κ2) is 9.77. The maximum Gasteiger partial charge on any atom is 0.252 e. The molecule has 34 heavy (non-hydrogen) atoms. The molecule has 0 saturated heterocycles. The van der Waals surface area contributed by atoms with E-state index in [4.69, 9.17) is 4.74 Å². The van der Waals surface area contributed by atoms with Gasteiger partial charge < -0.3 is 9.72 Å². The number of methoxy groups -OCH3 is 1. The fourth-order valence-corrected chi connectivity index (χ4v) is 4.78. The average Bonchev–Trinajstić information content (AvgIpc) is 3.52. The summed E-state index contributed by atoms with van der Waals surface area (Å²) in [7, 11) is 1.62. The van der Waals surface area contributed by atoms with Crippen LogP contribution < -0.4 is 10.3 Å². The number of nitrogens with one attached hydrogen (secondary N) is 1. The van der Waals surface area contributed by atoms with Crippen LogP contribution in [0.2, 0.25) is 0 Å². The van der Waals surface area contributed by atoms with Crippen LogP contribution in [0, 0.1) is 6.92 Å². The van der Waals surface area contributed by atoms with Crippen molar-refractivity contribution in [3.63, 3.8) is 0 Å². The molecule has 5 rings (SSSR count). The second-order valence-electron chi connectivity index (χ2n) is 9.19. The lowest BCUT2D eigenvalue weighted by molar-refractivity contribution is 0.231. The number of ether oxygens (including phenoxy) is 1. The SMILES string of the molecule is COc1ccc2cc(CN(Cc3ccc(C)cc3)Cc3nnnn3C3CCCC3)c(=O)[nH]c2c1. The van der Waals surface area contributed by atoms with Gasteiger partial charge in [-0.15, -0.1) is 5.10 Å². The fraction of sp³-hybridized carbons (Fsp3) is 0.385. The quantitative estimate of drug-likeness (QED) is 0.427. The highest BCUT2D eigenvalue weighted by atomic mass is 16.5. The van der Waals surface area contributed by atoms with Crippen molar-refractivity contribution in [2.24, 2.45) is 0 Å². The van der Waals surface area contributed by atoms with Crippen LogP contribution in [0.1, 0.15) is 54.2 Å². The van der Waals surface area contributed by atoms with Gasteiger partial charge in [0.1, 0.15) is 5.75 Å². The maximum atomic E-state index is 13.0. The Morgan fingerprint density at radius 2 is 1.85 bits per heavy atom. The Bertz CT molecular complexity index is 1320. The summed E-state index contributed by atoms with van der Waals surface area (Å²) >= 11 is 0. The zero-order valence-electron chi connectivity index (χ0n) is 19.7. The van der Waals surface area contributed by atoms with E-state index in [1.807, 2.05) is 28.9 Å². The van der Waals surface area contributed by atoms with Gasteiger partial charge in [-0.05, 0) is 59.3 Å². The van der Waals surface area contributed by atoms with Gasteiger partial charge in [0.05, 0.1) is 25.2 Å². The molecule has 8 nitrogen and oxygen atoms in total. The number of fused-ring (bicyclic) bond motifs is 1. The zero-order valence-corrected chi connectivity index (χ0v) is 19.7. The number of hydrogen-bond donors (Lipinski definition) is 1. The molecule has 0 aliphatic heterocycles. The third-order valence-electron chi connectivity index (χ3n) is 6.65. The van der Waals surface area contributed by atoms with E-state index < -0.39 is 0 Å². The molecule has 8 heteroatoms. The molecular weight excluding hydrogens is 428 g/mol. The molecule has 1 aliphatic carbocycles. The minimum atomic E-state index is -0.0926. The molecule has 1 N–H and O–H groups in total. The number of hydrogen-bond acceptors (Lipinski definition) is 6. The Morgan fingerprint density at radius 3 is 2.62 bits per heavy atom. The van der Waals surface area contributed by atoms with E-state index in [-0.39, 0.29) is 5.56 Å². The van der Waals surface area contributed by atoms with Crippen LogP contribution in [-0.2, 0) is 19.6 Å². The summed E-state index contributed by atoms with van der Waals surface area (Å²) in [4.78, 5) is 18.2. The molecule has 0 bridgehead atoms. The molecule has 2 aromatic heterocycles. The first-order valence-electron chi connectivity index (χ1n) is 11.8. The molecule has 0 unspecified atom stereocenters. The molecule has 1 aliphatic rings. The lowest BCUT2D eigenvalue weighted by Gasteiger charge is -2.23. The Kier molecular flexibility index (Phi) is 6.40. The molecule has 0 radical (unpaired) electrons. The number of rotatable bonds is 8. The van der Waals surface area contributed by atoms with Gasteiger partial charge in [-0.2, -0.15) is 0 Å². The summed E-state index contributed by atoms with van der Waals surface area (Å²) in [5, 5.41) is 13.6. The van der Waals surface area contributed by atoms with Crippen molar-refractivity contribution in [3.05, 3.63) is 81.4 Å². The third-order valence-corrected chi connectivity index (χ3v) is 6.65. The molecule has 0 amide bonds. The summed E-state index contributed by atoms with van der Waals surface area (Å²) in [6, 6.07) is 16.6. The van der Waals surface area contributed by atoms with E-state index in [1.165, 1.54) is 24.0 Å². The van der Waals surface area contributed by atoms with Gasteiger partial charge in [0.25, 0.3) is 5.56 Å². The van der Waals surface area contributed by atoms with E-state index in [0.29, 0.717) is 31.2 Å². The van der Waals surface area contributed by atoms with Crippen molar-refractivity contribution in [1.29, 1.82) is 0 Å². The molecule has 0 spiro atoms. The number of aromatic amines is 1. The normalized spacial score (nSPS) is 14.3. The molecule has 176 valence electrons. The standard InChI is InChI=1S/C26H30N6O2/c1-18-7-9-19(10-8-18)15-31(17-25-28-29-30-32(25)22-5-3-4-6-22)16-21-13-20-11-12-23(34-2)14-24(20)27-26(21)33/h7-14,22H,3-6,15-17H2,1-2H3,(H,27,33). The van der Waals surface area contributed by atoms with Crippen LogP contribution in [0.3, 0.4) is 0 Å². The van der Waals surface area contributed by atoms with E-state index in [1.54, 1.807) is 7.11 Å². The first kappa shape index (κ1) is 22.3. The van der Waals surface area contributed by atoms with E-state index in [9.17, 15) is 4.79 Å². The highest BCUT2D eigenvalue weighted by molar-refractivity contribution is 5.80. The first-order chi connectivity index (χ1) is 16.6. The van der Waals surface area contributed by atoms with Crippen molar-refractivity contribution in [2.75, 3.05) is 7.11 Å². The number of tetrazole rings is 1. The summed E-state index contributed by atoms with van der Waals surface area (Å²) in [6.45, 7) is 3.83. The van der Waals surface area contributed by atoms with Gasteiger partial charge in [-0.3, -0.25) is 9.69 Å². The van der Waals surface area contributed by atoms with Crippen molar-refractivity contribution in [2.45, 2.75) is 58.3 Å². The summed E-state index contributed by atoms with van der Waals surface area (Å²) < 4.78 is 7.28. The average molecular weight is 459 g/mol. The predicted octanol–water partition coefficient (Wildman–Crippen LogP) is 4.15. The number of pyridine rings is 1. The highest BCUT2D eigenvalue weighted by Gasteiger charge is 2.23. The molecule has 0 atom stereocenters. The zero-order chi connectivity index (χ0) is 23.5. The van der Waals surface area contributed by atoms with Gasteiger partial charge in [0.15, 0.2) is 5.82 Å². The fourth-order valence-electron chi connectivity index (χ4n) is 4.78. The van der Waals surface area contributed by atoms with Crippen LogP contribution in [-0.4, -0.2) is 37.2 Å². The molecular formula is C26H30N6O2. The topological polar surface area (TPSA) is 88.9 Å². The Hall–Kier alpha value is -3.52. The third kappa shape index (κ3) is 4.87. The van der Waals surface area contributed by atoms with Gasteiger partial charge >= 0.3 is 0 Å². The van der Waals surface area contributed by atoms with Gasteiger partial charge in [-0.1, -0.05) is 42.7 Å². The summed E-state index contributed by atoms with van der Waals surface area (Å²) in [6.07, 6.45) is 4.66. The lowest BCUT2D eigenvalue weighted by atomic mass is 10.1. The Balaban J connectivity index is 1.45. The van der Waals surface area contributed by atoms with Gasteiger partial charge in [0.2, 0.25) is 0 Å². The number of nitrogens with zero attached hydrogens (tertiary/aromatic N) is 5. The van der Waals surface area contributed by atoms with Crippen LogP contribution in [0.5, 0.6) is 5.75 Å². The van der Waals surface area contributed by atoms with Crippen LogP contribution in [0.25, 0.3) is 10.9 Å². The van der Waals surface area contributed by atoms with Crippen molar-refractivity contribution < 1.29 is 4.74 Å². The van der Waals surface area contributed by atoms with Crippen LogP contribution in [0.15, 0.2) is 53.3 Å². The minimum absolute atomic E-state index is 0.0926. The van der Waals surface area contributed by atoms with Crippen molar-refractivity contribution >= 4 is 10.9 Å². The van der Waals surface area contributed by atoms with Crippen molar-refractivity contribution in [1.82, 2.24) is 30.1 Å². The molecule has 1 fully saturated rings. The molecule has 2 aromatic carbocycles. The van der Waals surface area contributed by atoms with Gasteiger partial charge in [-0.25, -0.2) is 4.68 Å². The molecule has 2 heterocycles. The predicted molar refractivity (Wildman–Crippen MR) is 131 cm³/mol. The van der Waals surface area contributed by atoms with Crippen LogP contribution in [0.4, 0.5) is 0 Å². The Morgan fingerprint density at radius 1 is 1.06 bits per heavy atom. The number of aryl methyl sites for hydroxylation is 1. The second-order valence-corrected chi connectivity index (χ2v) is 9.19.